The summed E-state index contributed by atoms with van der Waals surface area (Å²) in [6.07, 6.45) is 4.28. The molecule has 102 valence electrons. The molecule has 18 heavy (non-hydrogen) atoms. The number of hydrogen-bond acceptors (Lipinski definition) is 3. The third-order valence-corrected chi connectivity index (χ3v) is 3.97. The molecular formula is C12H20N2O4. The molecule has 0 heterocycles. The van der Waals surface area contributed by atoms with E-state index < -0.39 is 11.4 Å². The van der Waals surface area contributed by atoms with Crippen LogP contribution in [-0.4, -0.2) is 42.9 Å². The fourth-order valence-corrected chi connectivity index (χ4v) is 2.46. The van der Waals surface area contributed by atoms with Gasteiger partial charge in [0, 0.05) is 13.7 Å². The van der Waals surface area contributed by atoms with Gasteiger partial charge in [-0.3, -0.25) is 4.79 Å². The summed E-state index contributed by atoms with van der Waals surface area (Å²) < 4.78 is 5.28. The van der Waals surface area contributed by atoms with Gasteiger partial charge in [-0.15, -0.1) is 0 Å². The van der Waals surface area contributed by atoms with Gasteiger partial charge in [0.2, 0.25) is 0 Å². The number of ether oxygens (including phenoxy) is 1. The van der Waals surface area contributed by atoms with Crippen LogP contribution in [0.2, 0.25) is 0 Å². The van der Waals surface area contributed by atoms with Gasteiger partial charge in [0.1, 0.15) is 0 Å². The van der Waals surface area contributed by atoms with Crippen LogP contribution >= 0.6 is 0 Å². The zero-order chi connectivity index (χ0) is 13.2. The van der Waals surface area contributed by atoms with Crippen LogP contribution < -0.4 is 10.6 Å². The van der Waals surface area contributed by atoms with E-state index in [1.54, 1.807) is 7.11 Å². The lowest BCUT2D eigenvalue weighted by atomic mass is 10.1. The molecule has 2 atom stereocenters. The van der Waals surface area contributed by atoms with Crippen LogP contribution in [0.25, 0.3) is 0 Å². The summed E-state index contributed by atoms with van der Waals surface area (Å²) in [5.41, 5.74) is -0.715. The van der Waals surface area contributed by atoms with Gasteiger partial charge in [-0.05, 0) is 32.1 Å². The molecule has 0 spiro atoms. The van der Waals surface area contributed by atoms with E-state index in [4.69, 9.17) is 9.84 Å². The lowest BCUT2D eigenvalue weighted by molar-refractivity contribution is -0.143. The molecule has 2 saturated carbocycles. The van der Waals surface area contributed by atoms with Gasteiger partial charge in [0.25, 0.3) is 0 Å². The quantitative estimate of drug-likeness (QED) is 0.676. The zero-order valence-electron chi connectivity index (χ0n) is 10.6. The Labute approximate surface area is 106 Å². The average molecular weight is 256 g/mol. The first-order valence-electron chi connectivity index (χ1n) is 6.38. The zero-order valence-corrected chi connectivity index (χ0v) is 10.6. The molecule has 0 aliphatic heterocycles. The molecular weight excluding hydrogens is 236 g/mol. The van der Waals surface area contributed by atoms with E-state index >= 15 is 0 Å². The van der Waals surface area contributed by atoms with Crippen LogP contribution in [-0.2, 0) is 9.53 Å². The van der Waals surface area contributed by atoms with Crippen molar-refractivity contribution < 1.29 is 19.4 Å². The van der Waals surface area contributed by atoms with E-state index in [1.165, 1.54) is 0 Å². The number of aliphatic carboxylic acids is 1. The highest BCUT2D eigenvalue weighted by atomic mass is 16.5. The molecule has 2 rings (SSSR count). The normalized spacial score (nSPS) is 28.7. The second-order valence-electron chi connectivity index (χ2n) is 5.22. The third-order valence-electron chi connectivity index (χ3n) is 3.97. The van der Waals surface area contributed by atoms with Crippen molar-refractivity contribution in [2.45, 2.75) is 44.2 Å². The summed E-state index contributed by atoms with van der Waals surface area (Å²) in [6, 6.07) is -0.258. The van der Waals surface area contributed by atoms with Crippen LogP contribution in [0, 0.1) is 5.41 Å². The van der Waals surface area contributed by atoms with Gasteiger partial charge in [0.05, 0.1) is 17.6 Å². The van der Waals surface area contributed by atoms with E-state index in [9.17, 15) is 9.59 Å². The highest BCUT2D eigenvalue weighted by Crippen LogP contribution is 2.45. The van der Waals surface area contributed by atoms with Crippen molar-refractivity contribution in [2.24, 2.45) is 5.41 Å². The predicted octanol–water partition coefficient (Wildman–Crippen LogP) is 0.718. The van der Waals surface area contributed by atoms with Crippen LogP contribution in [0.4, 0.5) is 4.79 Å². The molecule has 6 nitrogen and oxygen atoms in total. The van der Waals surface area contributed by atoms with Crippen LogP contribution in [0.5, 0.6) is 0 Å². The van der Waals surface area contributed by atoms with Crippen molar-refractivity contribution in [3.63, 3.8) is 0 Å². The minimum atomic E-state index is -0.821. The van der Waals surface area contributed by atoms with Gasteiger partial charge >= 0.3 is 12.0 Å². The maximum absolute atomic E-state index is 11.7. The number of urea groups is 1. The Bertz CT molecular complexity index is 341. The van der Waals surface area contributed by atoms with E-state index in [-0.39, 0.29) is 24.7 Å². The van der Waals surface area contributed by atoms with Crippen molar-refractivity contribution >= 4 is 12.0 Å². The fourth-order valence-electron chi connectivity index (χ4n) is 2.46. The smallest absolute Gasteiger partial charge is 0.315 e. The number of carboxylic acids is 1. The summed E-state index contributed by atoms with van der Waals surface area (Å²) in [6.45, 7) is 0.207. The SMILES string of the molecule is COC1CCCC1NC(=O)NCC1(C(=O)O)CC1. The number of carbonyl (C=O) groups excluding carboxylic acids is 1. The maximum Gasteiger partial charge on any atom is 0.315 e. The molecule has 2 amide bonds. The van der Waals surface area contributed by atoms with Gasteiger partial charge < -0.3 is 20.5 Å². The molecule has 2 unspecified atom stereocenters. The Morgan fingerprint density at radius 2 is 2.11 bits per heavy atom. The second-order valence-corrected chi connectivity index (χ2v) is 5.22. The predicted molar refractivity (Wildman–Crippen MR) is 64.3 cm³/mol. The molecule has 0 bridgehead atoms. The van der Waals surface area contributed by atoms with Crippen LogP contribution in [0.3, 0.4) is 0 Å². The van der Waals surface area contributed by atoms with Crippen molar-refractivity contribution in [3.8, 4) is 0 Å². The molecule has 0 aromatic rings. The average Bonchev–Trinajstić information content (AvgIpc) is 3.02. The van der Waals surface area contributed by atoms with E-state index in [1.807, 2.05) is 0 Å². The fraction of sp³-hybridized carbons (Fsp3) is 0.833. The minimum absolute atomic E-state index is 0.0370. The van der Waals surface area contributed by atoms with E-state index in [2.05, 4.69) is 10.6 Å². The van der Waals surface area contributed by atoms with Gasteiger partial charge in [0.15, 0.2) is 0 Å². The summed E-state index contributed by atoms with van der Waals surface area (Å²) in [5, 5.41) is 14.5. The van der Waals surface area contributed by atoms with E-state index in [0.717, 1.165) is 19.3 Å². The standard InChI is InChI=1S/C12H20N2O4/c1-18-9-4-2-3-8(9)14-11(17)13-7-12(5-6-12)10(15)16/h8-9H,2-7H2,1H3,(H,15,16)(H2,13,14,17). The Kier molecular flexibility index (Phi) is 3.75. The molecule has 2 aliphatic rings. The first-order valence-corrected chi connectivity index (χ1v) is 6.38. The number of methoxy groups -OCH3 is 1. The molecule has 2 fully saturated rings. The first-order chi connectivity index (χ1) is 8.57. The minimum Gasteiger partial charge on any atom is -0.481 e. The maximum atomic E-state index is 11.7. The number of hydrogen-bond donors (Lipinski definition) is 3. The van der Waals surface area contributed by atoms with Gasteiger partial charge in [-0.1, -0.05) is 0 Å². The third kappa shape index (κ3) is 2.75. The highest BCUT2D eigenvalue weighted by Gasteiger charge is 2.50. The summed E-state index contributed by atoms with van der Waals surface area (Å²) in [7, 11) is 1.65. The molecule has 0 aromatic heterocycles. The molecule has 0 aromatic carbocycles. The summed E-state index contributed by atoms with van der Waals surface area (Å²) in [4.78, 5) is 22.6. The number of amides is 2. The summed E-state index contributed by atoms with van der Waals surface area (Å²) in [5.74, 6) is -0.821. The van der Waals surface area contributed by atoms with Crippen molar-refractivity contribution in [1.29, 1.82) is 0 Å². The second kappa shape index (κ2) is 5.14. The molecule has 6 heteroatoms. The Morgan fingerprint density at radius 1 is 1.39 bits per heavy atom. The van der Waals surface area contributed by atoms with Crippen molar-refractivity contribution in [3.05, 3.63) is 0 Å². The van der Waals surface area contributed by atoms with E-state index in [0.29, 0.717) is 12.8 Å². The van der Waals surface area contributed by atoms with Gasteiger partial charge in [-0.25, -0.2) is 4.79 Å². The van der Waals surface area contributed by atoms with Crippen LogP contribution in [0.15, 0.2) is 0 Å². The Balaban J connectivity index is 1.74. The Hall–Kier alpha value is -1.30. The lowest BCUT2D eigenvalue weighted by Crippen LogP contribution is -2.47. The number of rotatable bonds is 5. The van der Waals surface area contributed by atoms with Gasteiger partial charge in [-0.2, -0.15) is 0 Å². The number of carbonyl (C=O) groups is 2. The monoisotopic (exact) mass is 256 g/mol. The number of nitrogens with one attached hydrogen (secondary N) is 2. The molecule has 3 N–H and O–H groups in total. The van der Waals surface area contributed by atoms with Crippen LogP contribution in [0.1, 0.15) is 32.1 Å². The summed E-state index contributed by atoms with van der Waals surface area (Å²) >= 11 is 0. The Morgan fingerprint density at radius 3 is 2.67 bits per heavy atom. The lowest BCUT2D eigenvalue weighted by Gasteiger charge is -2.20. The molecule has 0 saturated heterocycles. The molecule has 2 aliphatic carbocycles. The molecule has 0 radical (unpaired) electrons. The number of carboxylic acid groups (broad SMARTS) is 1. The highest BCUT2D eigenvalue weighted by molar-refractivity contribution is 5.80. The largest absolute Gasteiger partial charge is 0.481 e. The first kappa shape index (κ1) is 13.1. The van der Waals surface area contributed by atoms with Crippen molar-refractivity contribution in [1.82, 2.24) is 10.6 Å². The van der Waals surface area contributed by atoms with Crippen molar-refractivity contribution in [2.75, 3.05) is 13.7 Å². The topological polar surface area (TPSA) is 87.7 Å².